The fraction of sp³-hybridized carbons (Fsp3) is 0.238. The molecule has 0 aliphatic heterocycles. The van der Waals surface area contributed by atoms with Gasteiger partial charge < -0.3 is 19.5 Å². The molecule has 0 saturated carbocycles. The molecule has 0 atom stereocenters. The SMILES string of the molecule is COc1ccc(-c2nc(CC(=O)OCC(=O)NC(=O)NCc3cccs3)cs2)cc1OC. The fourth-order valence-electron chi connectivity index (χ4n) is 2.62. The van der Waals surface area contributed by atoms with Crippen LogP contribution in [0.15, 0.2) is 41.1 Å². The molecule has 11 heteroatoms. The molecule has 2 N–H and O–H groups in total. The maximum Gasteiger partial charge on any atom is 0.321 e. The number of esters is 1. The van der Waals surface area contributed by atoms with Crippen molar-refractivity contribution in [2.45, 2.75) is 13.0 Å². The summed E-state index contributed by atoms with van der Waals surface area (Å²) in [5.74, 6) is -0.156. The summed E-state index contributed by atoms with van der Waals surface area (Å²) < 4.78 is 15.5. The third-order valence-electron chi connectivity index (χ3n) is 4.13. The molecule has 0 bridgehead atoms. The first kappa shape index (κ1) is 23.2. The zero-order valence-electron chi connectivity index (χ0n) is 17.4. The van der Waals surface area contributed by atoms with Crippen LogP contribution < -0.4 is 20.1 Å². The summed E-state index contributed by atoms with van der Waals surface area (Å²) >= 11 is 2.86. The number of ether oxygens (including phenoxy) is 3. The highest BCUT2D eigenvalue weighted by Gasteiger charge is 2.14. The van der Waals surface area contributed by atoms with E-state index in [1.807, 2.05) is 23.6 Å². The highest BCUT2D eigenvalue weighted by atomic mass is 32.1. The van der Waals surface area contributed by atoms with Gasteiger partial charge in [0, 0.05) is 15.8 Å². The Hall–Kier alpha value is -3.44. The van der Waals surface area contributed by atoms with Crippen LogP contribution in [-0.4, -0.2) is 43.7 Å². The summed E-state index contributed by atoms with van der Waals surface area (Å²) in [4.78, 5) is 40.9. The highest BCUT2D eigenvalue weighted by molar-refractivity contribution is 7.13. The van der Waals surface area contributed by atoms with Crippen LogP contribution in [0.1, 0.15) is 10.6 Å². The van der Waals surface area contributed by atoms with Crippen molar-refractivity contribution in [3.05, 3.63) is 51.7 Å². The van der Waals surface area contributed by atoms with E-state index >= 15 is 0 Å². The van der Waals surface area contributed by atoms with Gasteiger partial charge in [-0.2, -0.15) is 0 Å². The summed E-state index contributed by atoms with van der Waals surface area (Å²) in [5, 5.41) is 8.99. The second-order valence-electron chi connectivity index (χ2n) is 6.36. The third-order valence-corrected chi connectivity index (χ3v) is 5.94. The molecule has 32 heavy (non-hydrogen) atoms. The second-order valence-corrected chi connectivity index (χ2v) is 8.25. The number of imide groups is 1. The maximum atomic E-state index is 12.0. The zero-order chi connectivity index (χ0) is 22.9. The van der Waals surface area contributed by atoms with Crippen LogP contribution in [0.4, 0.5) is 4.79 Å². The number of urea groups is 1. The Bertz CT molecular complexity index is 1080. The van der Waals surface area contributed by atoms with Crippen molar-refractivity contribution in [2.24, 2.45) is 0 Å². The number of carbonyl (C=O) groups is 3. The number of amides is 3. The van der Waals surface area contributed by atoms with E-state index in [0.717, 1.165) is 10.4 Å². The lowest BCUT2D eigenvalue weighted by Gasteiger charge is -2.08. The summed E-state index contributed by atoms with van der Waals surface area (Å²) in [6.07, 6.45) is -0.0956. The fourth-order valence-corrected chi connectivity index (χ4v) is 4.08. The molecule has 0 saturated heterocycles. The van der Waals surface area contributed by atoms with Crippen LogP contribution in [0.2, 0.25) is 0 Å². The van der Waals surface area contributed by atoms with Gasteiger partial charge in [0.25, 0.3) is 5.91 Å². The Morgan fingerprint density at radius 1 is 1.06 bits per heavy atom. The first-order valence-corrected chi connectivity index (χ1v) is 11.2. The Morgan fingerprint density at radius 2 is 1.88 bits per heavy atom. The molecular formula is C21H21N3O6S2. The number of methoxy groups -OCH3 is 2. The molecule has 9 nitrogen and oxygen atoms in total. The smallest absolute Gasteiger partial charge is 0.321 e. The first-order valence-electron chi connectivity index (χ1n) is 9.41. The van der Waals surface area contributed by atoms with Crippen LogP contribution in [0.3, 0.4) is 0 Å². The lowest BCUT2D eigenvalue weighted by molar-refractivity contribution is -0.147. The standard InChI is InChI=1S/C21H21N3O6S2/c1-28-16-6-5-13(8-17(16)29-2)20-23-14(12-32-20)9-19(26)30-11-18(25)24-21(27)22-10-15-4-3-7-31-15/h3-8,12H,9-11H2,1-2H3,(H2,22,24,25,27). The molecule has 1 aromatic carbocycles. The van der Waals surface area contributed by atoms with Crippen molar-refractivity contribution in [3.8, 4) is 22.1 Å². The van der Waals surface area contributed by atoms with Gasteiger partial charge in [-0.25, -0.2) is 9.78 Å². The number of thiazole rings is 1. The summed E-state index contributed by atoms with van der Waals surface area (Å²) in [7, 11) is 3.11. The van der Waals surface area contributed by atoms with Gasteiger partial charge >= 0.3 is 12.0 Å². The van der Waals surface area contributed by atoms with Crippen molar-refractivity contribution in [1.82, 2.24) is 15.6 Å². The normalized spacial score (nSPS) is 10.3. The number of hydrogen-bond donors (Lipinski definition) is 2. The molecule has 0 radical (unpaired) electrons. The van der Waals surface area contributed by atoms with E-state index in [1.165, 1.54) is 22.7 Å². The number of thiophene rings is 1. The number of rotatable bonds is 9. The van der Waals surface area contributed by atoms with Gasteiger partial charge in [-0.1, -0.05) is 6.07 Å². The van der Waals surface area contributed by atoms with Crippen molar-refractivity contribution in [3.63, 3.8) is 0 Å². The highest BCUT2D eigenvalue weighted by Crippen LogP contribution is 2.33. The monoisotopic (exact) mass is 475 g/mol. The van der Waals surface area contributed by atoms with Crippen molar-refractivity contribution in [2.75, 3.05) is 20.8 Å². The number of aromatic nitrogens is 1. The van der Waals surface area contributed by atoms with Crippen LogP contribution >= 0.6 is 22.7 Å². The number of nitrogens with zero attached hydrogens (tertiary/aromatic N) is 1. The predicted molar refractivity (Wildman–Crippen MR) is 120 cm³/mol. The zero-order valence-corrected chi connectivity index (χ0v) is 19.0. The van der Waals surface area contributed by atoms with Crippen LogP contribution in [0, 0.1) is 0 Å². The summed E-state index contributed by atoms with van der Waals surface area (Å²) in [6.45, 7) is -0.249. The lowest BCUT2D eigenvalue weighted by atomic mass is 10.2. The average Bonchev–Trinajstić information content (AvgIpc) is 3.48. The second kappa shape index (κ2) is 11.3. The molecule has 3 rings (SSSR count). The average molecular weight is 476 g/mol. The quantitative estimate of drug-likeness (QED) is 0.457. The number of carbonyl (C=O) groups excluding carboxylic acids is 3. The van der Waals surface area contributed by atoms with Crippen LogP contribution in [-0.2, 0) is 27.3 Å². The number of nitrogens with one attached hydrogen (secondary N) is 2. The maximum absolute atomic E-state index is 12.0. The lowest BCUT2D eigenvalue weighted by Crippen LogP contribution is -2.41. The van der Waals surface area contributed by atoms with E-state index < -0.39 is 24.5 Å². The molecular weight excluding hydrogens is 454 g/mol. The van der Waals surface area contributed by atoms with Gasteiger partial charge in [0.2, 0.25) is 0 Å². The summed E-state index contributed by atoms with van der Waals surface area (Å²) in [6, 6.07) is 8.49. The van der Waals surface area contributed by atoms with Crippen molar-refractivity contribution < 1.29 is 28.6 Å². The van der Waals surface area contributed by atoms with Gasteiger partial charge in [0.15, 0.2) is 18.1 Å². The minimum absolute atomic E-state index is 0.0956. The van der Waals surface area contributed by atoms with Gasteiger partial charge in [0.05, 0.1) is 32.9 Å². The topological polar surface area (TPSA) is 116 Å². The molecule has 3 amide bonds. The van der Waals surface area contributed by atoms with Gasteiger partial charge in [0.1, 0.15) is 5.01 Å². The molecule has 3 aromatic rings. The van der Waals surface area contributed by atoms with Crippen LogP contribution in [0.5, 0.6) is 11.5 Å². The van der Waals surface area contributed by atoms with Crippen molar-refractivity contribution in [1.29, 1.82) is 0 Å². The first-order chi connectivity index (χ1) is 15.5. The van der Waals surface area contributed by atoms with Crippen LogP contribution in [0.25, 0.3) is 10.6 Å². The molecule has 0 spiro atoms. The number of benzene rings is 1. The van der Waals surface area contributed by atoms with Gasteiger partial charge in [-0.3, -0.25) is 14.9 Å². The van der Waals surface area contributed by atoms with E-state index in [2.05, 4.69) is 15.6 Å². The van der Waals surface area contributed by atoms with E-state index in [9.17, 15) is 14.4 Å². The van der Waals surface area contributed by atoms with Gasteiger partial charge in [-0.15, -0.1) is 22.7 Å². The van der Waals surface area contributed by atoms with Gasteiger partial charge in [-0.05, 0) is 29.6 Å². The minimum Gasteiger partial charge on any atom is -0.493 e. The molecule has 0 aliphatic carbocycles. The molecule has 2 aromatic heterocycles. The molecule has 0 unspecified atom stereocenters. The van der Waals surface area contributed by atoms with E-state index in [-0.39, 0.29) is 6.42 Å². The minimum atomic E-state index is -0.716. The van der Waals surface area contributed by atoms with Crippen molar-refractivity contribution >= 4 is 40.6 Å². The van der Waals surface area contributed by atoms with E-state index in [4.69, 9.17) is 14.2 Å². The molecule has 0 fully saturated rings. The van der Waals surface area contributed by atoms with E-state index in [1.54, 1.807) is 31.7 Å². The Balaban J connectivity index is 1.45. The molecule has 0 aliphatic rings. The third kappa shape index (κ3) is 6.53. The number of hydrogen-bond acceptors (Lipinski definition) is 9. The molecule has 2 heterocycles. The molecule has 168 valence electrons. The predicted octanol–water partition coefficient (Wildman–Crippen LogP) is 3.00. The summed E-state index contributed by atoms with van der Waals surface area (Å²) in [5.41, 5.74) is 1.33. The Kier molecular flexibility index (Phi) is 8.17. The van der Waals surface area contributed by atoms with E-state index in [0.29, 0.717) is 28.7 Å². The Labute approximate surface area is 192 Å². The largest absolute Gasteiger partial charge is 0.493 e. The Morgan fingerprint density at radius 3 is 2.59 bits per heavy atom.